The molecule has 0 aliphatic heterocycles. The molecule has 0 N–H and O–H groups in total. The second-order valence-corrected chi connectivity index (χ2v) is 6.34. The van der Waals surface area contributed by atoms with Crippen molar-refractivity contribution in [3.05, 3.63) is 71.4 Å². The normalized spacial score (nSPS) is 11.8. The van der Waals surface area contributed by atoms with Gasteiger partial charge in [0.2, 0.25) is 0 Å². The van der Waals surface area contributed by atoms with Gasteiger partial charge in [0.05, 0.1) is 0 Å². The lowest BCUT2D eigenvalue weighted by Crippen LogP contribution is -1.79. The van der Waals surface area contributed by atoms with Gasteiger partial charge in [0.15, 0.2) is 0 Å². The molecule has 21 heavy (non-hydrogen) atoms. The van der Waals surface area contributed by atoms with E-state index in [2.05, 4.69) is 71.4 Å². The summed E-state index contributed by atoms with van der Waals surface area (Å²) in [5.41, 5.74) is 0. The molecule has 98 valence electrons. The fraction of sp³-hybridized carbons (Fsp3) is 0. The van der Waals surface area contributed by atoms with Crippen LogP contribution in [0, 0.1) is 0 Å². The van der Waals surface area contributed by atoms with Crippen molar-refractivity contribution in [1.82, 2.24) is 0 Å². The Labute approximate surface area is 126 Å². The lowest BCUT2D eigenvalue weighted by Gasteiger charge is -2.05. The van der Waals surface area contributed by atoms with Crippen LogP contribution in [0.2, 0.25) is 0 Å². The molecule has 1 aromatic heterocycles. The van der Waals surface area contributed by atoms with E-state index in [1.807, 2.05) is 0 Å². The zero-order valence-corrected chi connectivity index (χ0v) is 12.2. The van der Waals surface area contributed by atoms with Crippen molar-refractivity contribution in [2.45, 2.75) is 0 Å². The average molecular weight is 284 g/mol. The Kier molecular flexibility index (Phi) is 2.18. The van der Waals surface area contributed by atoms with Gasteiger partial charge in [0, 0.05) is 0 Å². The highest BCUT2D eigenvalue weighted by molar-refractivity contribution is 7.09. The first kappa shape index (κ1) is 11.3. The van der Waals surface area contributed by atoms with E-state index < -0.39 is 0 Å². The van der Waals surface area contributed by atoms with Gasteiger partial charge in [-0.15, -0.1) is 0 Å². The van der Waals surface area contributed by atoms with Crippen LogP contribution >= 0.6 is 11.3 Å². The standard InChI is InChI=1S/C20H12S/c1-2-4-14-6-16-8-18-10-20-12-21-11-19(20)9-17(18)7-15(16)5-13(14)3-1/h1-12H. The molecule has 0 atom stereocenters. The van der Waals surface area contributed by atoms with E-state index >= 15 is 0 Å². The summed E-state index contributed by atoms with van der Waals surface area (Å²) >= 11 is 1.77. The third kappa shape index (κ3) is 1.68. The number of hydrogen-bond donors (Lipinski definition) is 0. The summed E-state index contributed by atoms with van der Waals surface area (Å²) in [4.78, 5) is 0. The van der Waals surface area contributed by atoms with Gasteiger partial charge >= 0.3 is 0 Å². The van der Waals surface area contributed by atoms with Crippen LogP contribution in [-0.4, -0.2) is 0 Å². The summed E-state index contributed by atoms with van der Waals surface area (Å²) in [5, 5.41) is 15.0. The molecule has 1 heteroatoms. The topological polar surface area (TPSA) is 0 Å². The van der Waals surface area contributed by atoms with Gasteiger partial charge in [-0.25, -0.2) is 0 Å². The van der Waals surface area contributed by atoms with E-state index in [9.17, 15) is 0 Å². The third-order valence-electron chi connectivity index (χ3n) is 4.25. The van der Waals surface area contributed by atoms with E-state index in [0.29, 0.717) is 0 Å². The second kappa shape index (κ2) is 4.06. The maximum atomic E-state index is 2.31. The number of fused-ring (bicyclic) bond motifs is 4. The van der Waals surface area contributed by atoms with Crippen molar-refractivity contribution in [1.29, 1.82) is 0 Å². The summed E-state index contributed by atoms with van der Waals surface area (Å²) in [6.07, 6.45) is 0. The first-order valence-corrected chi connectivity index (χ1v) is 8.03. The lowest BCUT2D eigenvalue weighted by molar-refractivity contribution is 1.79. The Morgan fingerprint density at radius 2 is 0.810 bits per heavy atom. The van der Waals surface area contributed by atoms with Crippen LogP contribution in [0.15, 0.2) is 71.4 Å². The Morgan fingerprint density at radius 3 is 1.29 bits per heavy atom. The Hall–Kier alpha value is -2.38. The molecule has 5 rings (SSSR count). The van der Waals surface area contributed by atoms with Crippen molar-refractivity contribution in [3.63, 3.8) is 0 Å². The molecule has 1 heterocycles. The molecule has 0 saturated heterocycles. The van der Waals surface area contributed by atoms with Gasteiger partial charge < -0.3 is 0 Å². The van der Waals surface area contributed by atoms with Crippen LogP contribution in [0.25, 0.3) is 43.1 Å². The van der Waals surface area contributed by atoms with E-state index in [4.69, 9.17) is 0 Å². The predicted octanol–water partition coefficient (Wildman–Crippen LogP) is 6.36. The van der Waals surface area contributed by atoms with Crippen molar-refractivity contribution in [2.24, 2.45) is 0 Å². The van der Waals surface area contributed by atoms with Crippen LogP contribution < -0.4 is 0 Å². The summed E-state index contributed by atoms with van der Waals surface area (Å²) in [6.45, 7) is 0. The molecule has 0 unspecified atom stereocenters. The van der Waals surface area contributed by atoms with Crippen LogP contribution in [0.5, 0.6) is 0 Å². The first-order valence-electron chi connectivity index (χ1n) is 7.09. The minimum absolute atomic E-state index is 1.31. The number of hydrogen-bond acceptors (Lipinski definition) is 1. The lowest BCUT2D eigenvalue weighted by atomic mass is 9.99. The second-order valence-electron chi connectivity index (χ2n) is 5.60. The number of thiophene rings is 1. The van der Waals surface area contributed by atoms with Gasteiger partial charge in [0.25, 0.3) is 0 Å². The summed E-state index contributed by atoms with van der Waals surface area (Å²) in [7, 11) is 0. The zero-order chi connectivity index (χ0) is 13.8. The number of rotatable bonds is 0. The van der Waals surface area contributed by atoms with Gasteiger partial charge in [-0.05, 0) is 90.2 Å². The van der Waals surface area contributed by atoms with E-state index in [1.165, 1.54) is 43.1 Å². The predicted molar refractivity (Wildman–Crippen MR) is 94.3 cm³/mol. The smallest absolute Gasteiger partial charge is 0.00143 e. The van der Waals surface area contributed by atoms with Crippen LogP contribution in [-0.2, 0) is 0 Å². The zero-order valence-electron chi connectivity index (χ0n) is 11.3. The van der Waals surface area contributed by atoms with E-state index in [-0.39, 0.29) is 0 Å². The third-order valence-corrected chi connectivity index (χ3v) is 5.03. The summed E-state index contributed by atoms with van der Waals surface area (Å²) in [6, 6.07) is 22.4. The van der Waals surface area contributed by atoms with Crippen molar-refractivity contribution < 1.29 is 0 Å². The van der Waals surface area contributed by atoms with Gasteiger partial charge in [-0.1, -0.05) is 24.3 Å². The maximum absolute atomic E-state index is 2.31. The Morgan fingerprint density at radius 1 is 0.429 bits per heavy atom. The van der Waals surface area contributed by atoms with Gasteiger partial charge in [0.1, 0.15) is 0 Å². The largest absolute Gasteiger partial charge is 0.151 e. The molecule has 0 nitrogen and oxygen atoms in total. The molecule has 4 aromatic carbocycles. The molecular formula is C20H12S. The highest BCUT2D eigenvalue weighted by Gasteiger charge is 2.03. The molecule has 0 saturated carbocycles. The minimum atomic E-state index is 1.31. The molecule has 0 bridgehead atoms. The first-order chi connectivity index (χ1) is 10.4. The molecular weight excluding hydrogens is 272 g/mol. The van der Waals surface area contributed by atoms with Crippen LogP contribution in [0.3, 0.4) is 0 Å². The molecule has 0 spiro atoms. The Bertz CT molecular complexity index is 1040. The van der Waals surface area contributed by atoms with Crippen molar-refractivity contribution in [3.8, 4) is 0 Å². The quantitative estimate of drug-likeness (QED) is 0.290. The molecule has 0 aliphatic carbocycles. The summed E-state index contributed by atoms with van der Waals surface area (Å²) < 4.78 is 0. The average Bonchev–Trinajstić information content (AvgIpc) is 2.95. The van der Waals surface area contributed by atoms with Crippen molar-refractivity contribution in [2.75, 3.05) is 0 Å². The molecule has 0 fully saturated rings. The highest BCUT2D eigenvalue weighted by Crippen LogP contribution is 2.31. The van der Waals surface area contributed by atoms with Crippen LogP contribution in [0.1, 0.15) is 0 Å². The minimum Gasteiger partial charge on any atom is -0.151 e. The van der Waals surface area contributed by atoms with Gasteiger partial charge in [-0.2, -0.15) is 11.3 Å². The fourth-order valence-corrected chi connectivity index (χ4v) is 3.93. The molecule has 0 aliphatic rings. The van der Waals surface area contributed by atoms with Gasteiger partial charge in [-0.3, -0.25) is 0 Å². The molecule has 0 radical (unpaired) electrons. The molecule has 5 aromatic rings. The van der Waals surface area contributed by atoms with E-state index in [0.717, 1.165) is 0 Å². The SMILES string of the molecule is c1ccc2cc3cc4cc5cscc5cc4cc3cc2c1. The number of benzene rings is 4. The summed E-state index contributed by atoms with van der Waals surface area (Å²) in [5.74, 6) is 0. The van der Waals surface area contributed by atoms with E-state index in [1.54, 1.807) is 11.3 Å². The van der Waals surface area contributed by atoms with Crippen molar-refractivity contribution >= 4 is 54.4 Å². The fourth-order valence-electron chi connectivity index (χ4n) is 3.16. The Balaban J connectivity index is 1.95. The maximum Gasteiger partial charge on any atom is -0.00143 e. The molecule has 0 amide bonds. The highest BCUT2D eigenvalue weighted by atomic mass is 32.1. The monoisotopic (exact) mass is 284 g/mol. The van der Waals surface area contributed by atoms with Crippen LogP contribution in [0.4, 0.5) is 0 Å².